The van der Waals surface area contributed by atoms with E-state index in [9.17, 15) is 4.79 Å². The molecule has 0 aromatic rings. The highest BCUT2D eigenvalue weighted by Gasteiger charge is 2.38. The van der Waals surface area contributed by atoms with Crippen LogP contribution in [0.25, 0.3) is 0 Å². The lowest BCUT2D eigenvalue weighted by Gasteiger charge is -2.40. The maximum Gasteiger partial charge on any atom is 0.303 e. The first kappa shape index (κ1) is 14.5. The second-order valence-electron chi connectivity index (χ2n) is 6.23. The molecule has 1 N–H and O–H groups in total. The van der Waals surface area contributed by atoms with Crippen molar-refractivity contribution in [2.24, 2.45) is 5.41 Å². The third-order valence-corrected chi connectivity index (χ3v) is 4.07. The molecule has 0 radical (unpaired) electrons. The van der Waals surface area contributed by atoms with Crippen LogP contribution in [0.4, 0.5) is 0 Å². The van der Waals surface area contributed by atoms with E-state index in [2.05, 4.69) is 32.6 Å². The van der Waals surface area contributed by atoms with Crippen molar-refractivity contribution >= 4 is 5.97 Å². The number of nitrogens with zero attached hydrogens (tertiary/aromatic N) is 1. The van der Waals surface area contributed by atoms with Gasteiger partial charge in [-0.25, -0.2) is 0 Å². The SMILES string of the molecule is CC(C)N(CCCC(=O)O)C1CCCC1(C)C. The molecule has 1 aliphatic carbocycles. The van der Waals surface area contributed by atoms with E-state index < -0.39 is 5.97 Å². The summed E-state index contributed by atoms with van der Waals surface area (Å²) in [7, 11) is 0. The highest BCUT2D eigenvalue weighted by molar-refractivity contribution is 5.66. The van der Waals surface area contributed by atoms with Crippen molar-refractivity contribution in [1.82, 2.24) is 4.90 Å². The van der Waals surface area contributed by atoms with Crippen LogP contribution in [-0.4, -0.2) is 34.6 Å². The Hall–Kier alpha value is -0.570. The van der Waals surface area contributed by atoms with E-state index in [1.807, 2.05) is 0 Å². The Kier molecular flexibility index (Phi) is 4.99. The Morgan fingerprint density at radius 3 is 2.53 bits per heavy atom. The first-order valence-corrected chi connectivity index (χ1v) is 6.82. The maximum absolute atomic E-state index is 10.6. The lowest BCUT2D eigenvalue weighted by molar-refractivity contribution is -0.137. The molecule has 17 heavy (non-hydrogen) atoms. The number of carboxylic acid groups (broad SMARTS) is 1. The number of rotatable bonds is 6. The summed E-state index contributed by atoms with van der Waals surface area (Å²) < 4.78 is 0. The quantitative estimate of drug-likeness (QED) is 0.776. The zero-order chi connectivity index (χ0) is 13.1. The van der Waals surface area contributed by atoms with E-state index in [4.69, 9.17) is 5.11 Å². The summed E-state index contributed by atoms with van der Waals surface area (Å²) >= 11 is 0. The van der Waals surface area contributed by atoms with Gasteiger partial charge in [0.1, 0.15) is 0 Å². The van der Waals surface area contributed by atoms with Crippen molar-refractivity contribution in [2.75, 3.05) is 6.54 Å². The van der Waals surface area contributed by atoms with Gasteiger partial charge in [0.25, 0.3) is 0 Å². The highest BCUT2D eigenvalue weighted by Crippen LogP contribution is 2.41. The van der Waals surface area contributed by atoms with Crippen LogP contribution < -0.4 is 0 Å². The number of hydrogen-bond donors (Lipinski definition) is 1. The normalized spacial score (nSPS) is 23.5. The summed E-state index contributed by atoms with van der Waals surface area (Å²) in [4.78, 5) is 13.1. The number of hydrogen-bond acceptors (Lipinski definition) is 2. The highest BCUT2D eigenvalue weighted by atomic mass is 16.4. The van der Waals surface area contributed by atoms with E-state index in [-0.39, 0.29) is 6.42 Å². The third kappa shape index (κ3) is 3.98. The van der Waals surface area contributed by atoms with Crippen molar-refractivity contribution in [3.63, 3.8) is 0 Å². The molecule has 1 aliphatic rings. The number of aliphatic carboxylic acids is 1. The van der Waals surface area contributed by atoms with E-state index in [1.165, 1.54) is 19.3 Å². The Bertz CT molecular complexity index is 261. The molecule has 3 heteroatoms. The molecule has 1 fully saturated rings. The Morgan fingerprint density at radius 2 is 2.12 bits per heavy atom. The van der Waals surface area contributed by atoms with Crippen LogP contribution in [0.15, 0.2) is 0 Å². The minimum absolute atomic E-state index is 0.288. The molecule has 0 amide bonds. The van der Waals surface area contributed by atoms with Gasteiger partial charge >= 0.3 is 5.97 Å². The topological polar surface area (TPSA) is 40.5 Å². The van der Waals surface area contributed by atoms with Crippen molar-refractivity contribution in [3.8, 4) is 0 Å². The van der Waals surface area contributed by atoms with Crippen LogP contribution in [0.1, 0.15) is 59.8 Å². The fourth-order valence-corrected chi connectivity index (χ4v) is 3.11. The lowest BCUT2D eigenvalue weighted by Crippen LogP contribution is -2.46. The summed E-state index contributed by atoms with van der Waals surface area (Å²) in [6.07, 6.45) is 4.91. The Balaban J connectivity index is 2.56. The molecule has 1 saturated carbocycles. The Morgan fingerprint density at radius 1 is 1.47 bits per heavy atom. The fraction of sp³-hybridized carbons (Fsp3) is 0.929. The van der Waals surface area contributed by atoms with Crippen molar-refractivity contribution in [3.05, 3.63) is 0 Å². The van der Waals surface area contributed by atoms with E-state index >= 15 is 0 Å². The summed E-state index contributed by atoms with van der Waals surface area (Å²) in [5, 5.41) is 8.71. The molecule has 0 aromatic heterocycles. The average molecular weight is 241 g/mol. The molecule has 0 aromatic carbocycles. The molecular weight excluding hydrogens is 214 g/mol. The standard InChI is InChI=1S/C14H27NO2/c1-11(2)15(10-6-8-13(16)17)12-7-5-9-14(12,3)4/h11-12H,5-10H2,1-4H3,(H,16,17). The molecule has 0 bridgehead atoms. The van der Waals surface area contributed by atoms with E-state index in [1.54, 1.807) is 0 Å². The molecule has 1 rings (SSSR count). The lowest BCUT2D eigenvalue weighted by atomic mass is 9.85. The van der Waals surface area contributed by atoms with Crippen LogP contribution >= 0.6 is 0 Å². The molecule has 0 spiro atoms. The molecule has 100 valence electrons. The van der Waals surface area contributed by atoms with Gasteiger partial charge in [0.05, 0.1) is 0 Å². The predicted octanol–water partition coefficient (Wildman–Crippen LogP) is 3.14. The van der Waals surface area contributed by atoms with Crippen LogP contribution in [0, 0.1) is 5.41 Å². The molecular formula is C14H27NO2. The van der Waals surface area contributed by atoms with Crippen LogP contribution in [0.2, 0.25) is 0 Å². The predicted molar refractivity (Wildman–Crippen MR) is 70.1 cm³/mol. The van der Waals surface area contributed by atoms with E-state index in [0.717, 1.165) is 13.0 Å². The largest absolute Gasteiger partial charge is 0.481 e. The maximum atomic E-state index is 10.6. The van der Waals surface area contributed by atoms with Gasteiger partial charge in [-0.2, -0.15) is 0 Å². The Labute approximate surface area is 105 Å². The van der Waals surface area contributed by atoms with Gasteiger partial charge in [-0.05, 0) is 45.1 Å². The molecule has 1 unspecified atom stereocenters. The van der Waals surface area contributed by atoms with Gasteiger partial charge in [-0.15, -0.1) is 0 Å². The first-order chi connectivity index (χ1) is 7.84. The molecule has 3 nitrogen and oxygen atoms in total. The van der Waals surface area contributed by atoms with Gasteiger partial charge in [0.2, 0.25) is 0 Å². The minimum Gasteiger partial charge on any atom is -0.481 e. The molecule has 0 heterocycles. The molecule has 0 saturated heterocycles. The third-order valence-electron chi connectivity index (χ3n) is 4.07. The van der Waals surface area contributed by atoms with E-state index in [0.29, 0.717) is 17.5 Å². The van der Waals surface area contributed by atoms with Crippen LogP contribution in [-0.2, 0) is 4.79 Å². The summed E-state index contributed by atoms with van der Waals surface area (Å²) in [5.41, 5.74) is 0.382. The second kappa shape index (κ2) is 5.85. The summed E-state index contributed by atoms with van der Waals surface area (Å²) in [5.74, 6) is -0.681. The summed E-state index contributed by atoms with van der Waals surface area (Å²) in [6, 6.07) is 1.13. The van der Waals surface area contributed by atoms with Gasteiger partial charge in [0, 0.05) is 18.5 Å². The molecule has 0 aliphatic heterocycles. The number of carboxylic acids is 1. The van der Waals surface area contributed by atoms with Crippen molar-refractivity contribution < 1.29 is 9.90 Å². The van der Waals surface area contributed by atoms with Crippen LogP contribution in [0.5, 0.6) is 0 Å². The van der Waals surface area contributed by atoms with Crippen molar-refractivity contribution in [1.29, 1.82) is 0 Å². The van der Waals surface area contributed by atoms with Crippen molar-refractivity contribution in [2.45, 2.75) is 71.9 Å². The van der Waals surface area contributed by atoms with Gasteiger partial charge in [0.15, 0.2) is 0 Å². The minimum atomic E-state index is -0.681. The zero-order valence-electron chi connectivity index (χ0n) is 11.7. The van der Waals surface area contributed by atoms with Gasteiger partial charge in [-0.1, -0.05) is 20.3 Å². The first-order valence-electron chi connectivity index (χ1n) is 6.82. The average Bonchev–Trinajstić information content (AvgIpc) is 2.52. The van der Waals surface area contributed by atoms with Gasteiger partial charge < -0.3 is 5.11 Å². The zero-order valence-corrected chi connectivity index (χ0v) is 11.7. The molecule has 1 atom stereocenters. The summed E-state index contributed by atoms with van der Waals surface area (Å²) in [6.45, 7) is 10.0. The van der Waals surface area contributed by atoms with Gasteiger partial charge in [-0.3, -0.25) is 9.69 Å². The number of carbonyl (C=O) groups is 1. The monoisotopic (exact) mass is 241 g/mol. The second-order valence-corrected chi connectivity index (χ2v) is 6.23. The van der Waals surface area contributed by atoms with Crippen LogP contribution in [0.3, 0.4) is 0 Å². The smallest absolute Gasteiger partial charge is 0.303 e. The fourth-order valence-electron chi connectivity index (χ4n) is 3.11.